The SMILES string of the molecule is Cc1cc(C)cc(-c2cn(/N=C3\CCc4c(C(=N)N)cccc43)c(N)n2)c1.Cl.Cl. The molecule has 5 N–H and O–H groups in total. The first kappa shape index (κ1) is 22.5. The van der Waals surface area contributed by atoms with Crippen LogP contribution in [-0.4, -0.2) is 21.2 Å². The van der Waals surface area contributed by atoms with Gasteiger partial charge in [-0.1, -0.05) is 35.4 Å². The van der Waals surface area contributed by atoms with Crippen molar-refractivity contribution >= 4 is 42.3 Å². The fourth-order valence-corrected chi connectivity index (χ4v) is 3.72. The molecule has 0 fully saturated rings. The van der Waals surface area contributed by atoms with Gasteiger partial charge in [0, 0.05) is 16.7 Å². The number of nitrogens with two attached hydrogens (primary N) is 2. The first-order valence-corrected chi connectivity index (χ1v) is 8.90. The van der Waals surface area contributed by atoms with E-state index in [-0.39, 0.29) is 30.6 Å². The molecule has 0 saturated heterocycles. The zero-order chi connectivity index (χ0) is 19.1. The summed E-state index contributed by atoms with van der Waals surface area (Å²) in [5, 5.41) is 12.5. The van der Waals surface area contributed by atoms with Gasteiger partial charge in [0.15, 0.2) is 0 Å². The molecule has 0 spiro atoms. The summed E-state index contributed by atoms with van der Waals surface area (Å²) in [6.45, 7) is 4.14. The van der Waals surface area contributed by atoms with E-state index in [1.54, 1.807) is 4.68 Å². The van der Waals surface area contributed by atoms with Crippen molar-refractivity contribution in [3.63, 3.8) is 0 Å². The van der Waals surface area contributed by atoms with Gasteiger partial charge in [-0.3, -0.25) is 5.41 Å². The average molecular weight is 431 g/mol. The third-order valence-corrected chi connectivity index (χ3v) is 4.85. The molecule has 3 aromatic rings. The highest BCUT2D eigenvalue weighted by Gasteiger charge is 2.22. The molecule has 0 amide bonds. The molecule has 152 valence electrons. The molecule has 1 aromatic heterocycles. The summed E-state index contributed by atoms with van der Waals surface area (Å²) in [7, 11) is 0. The van der Waals surface area contributed by atoms with E-state index < -0.39 is 0 Å². The lowest BCUT2D eigenvalue weighted by Gasteiger charge is -2.06. The van der Waals surface area contributed by atoms with Crippen molar-refractivity contribution in [2.24, 2.45) is 10.8 Å². The Hall–Kier alpha value is -2.83. The Balaban J connectivity index is 0.00000150. The maximum Gasteiger partial charge on any atom is 0.221 e. The lowest BCUT2D eigenvalue weighted by atomic mass is 10.0. The number of imidazole rings is 1. The zero-order valence-electron chi connectivity index (χ0n) is 16.3. The van der Waals surface area contributed by atoms with E-state index in [0.29, 0.717) is 5.95 Å². The summed E-state index contributed by atoms with van der Waals surface area (Å²) in [5.74, 6) is 0.445. The van der Waals surface area contributed by atoms with Crippen LogP contribution in [0.4, 0.5) is 5.95 Å². The van der Waals surface area contributed by atoms with Crippen molar-refractivity contribution in [3.8, 4) is 11.3 Å². The summed E-state index contributed by atoms with van der Waals surface area (Å²) < 4.78 is 1.64. The maximum atomic E-state index is 7.76. The highest BCUT2D eigenvalue weighted by molar-refractivity contribution is 6.08. The van der Waals surface area contributed by atoms with Gasteiger partial charge in [0.1, 0.15) is 5.84 Å². The van der Waals surface area contributed by atoms with E-state index >= 15 is 0 Å². The number of amidine groups is 1. The fourth-order valence-electron chi connectivity index (χ4n) is 3.72. The predicted molar refractivity (Wildman–Crippen MR) is 124 cm³/mol. The van der Waals surface area contributed by atoms with Crippen LogP contribution in [0.2, 0.25) is 0 Å². The minimum atomic E-state index is 0. The highest BCUT2D eigenvalue weighted by atomic mass is 35.5. The molecule has 0 radical (unpaired) electrons. The lowest BCUT2D eigenvalue weighted by Crippen LogP contribution is -2.13. The van der Waals surface area contributed by atoms with Gasteiger partial charge in [-0.05, 0) is 44.4 Å². The molecule has 8 heteroatoms. The first-order chi connectivity index (χ1) is 12.9. The Bertz CT molecular complexity index is 1080. The smallest absolute Gasteiger partial charge is 0.221 e. The molecule has 1 aliphatic carbocycles. The normalized spacial score (nSPS) is 13.5. The number of rotatable bonds is 3. The van der Waals surface area contributed by atoms with Gasteiger partial charge in [-0.2, -0.15) is 5.10 Å². The molecule has 0 aliphatic heterocycles. The second-order valence-electron chi connectivity index (χ2n) is 7.00. The van der Waals surface area contributed by atoms with Gasteiger partial charge in [-0.25, -0.2) is 9.66 Å². The molecule has 2 aromatic carbocycles. The zero-order valence-corrected chi connectivity index (χ0v) is 17.9. The average Bonchev–Trinajstić information content (AvgIpc) is 3.18. The number of fused-ring (bicyclic) bond motifs is 1. The summed E-state index contributed by atoms with van der Waals surface area (Å²) >= 11 is 0. The molecule has 6 nitrogen and oxygen atoms in total. The van der Waals surface area contributed by atoms with Crippen LogP contribution in [0.3, 0.4) is 0 Å². The first-order valence-electron chi connectivity index (χ1n) is 8.90. The van der Waals surface area contributed by atoms with E-state index in [1.807, 2.05) is 24.4 Å². The van der Waals surface area contributed by atoms with E-state index in [2.05, 4.69) is 37.0 Å². The maximum absolute atomic E-state index is 7.76. The van der Waals surface area contributed by atoms with Gasteiger partial charge in [0.2, 0.25) is 5.95 Å². The predicted octanol–water partition coefficient (Wildman–Crippen LogP) is 4.08. The number of aromatic nitrogens is 2. The van der Waals surface area contributed by atoms with Crippen LogP contribution < -0.4 is 11.5 Å². The molecular weight excluding hydrogens is 407 g/mol. The van der Waals surface area contributed by atoms with Gasteiger partial charge in [-0.15, -0.1) is 24.8 Å². The minimum Gasteiger partial charge on any atom is -0.384 e. The molecule has 1 heterocycles. The van der Waals surface area contributed by atoms with Gasteiger partial charge in [0.25, 0.3) is 0 Å². The minimum absolute atomic E-state index is 0. The molecule has 0 unspecified atom stereocenters. The Morgan fingerprint density at radius 2 is 1.79 bits per heavy atom. The summed E-state index contributed by atoms with van der Waals surface area (Å²) in [4.78, 5) is 4.49. The number of aryl methyl sites for hydroxylation is 2. The Morgan fingerprint density at radius 3 is 2.45 bits per heavy atom. The number of hydrogen-bond acceptors (Lipinski definition) is 4. The van der Waals surface area contributed by atoms with E-state index in [9.17, 15) is 0 Å². The largest absolute Gasteiger partial charge is 0.384 e. The molecule has 1 aliphatic rings. The number of nitrogen functional groups attached to an aromatic ring is 2. The second kappa shape index (κ2) is 8.68. The summed E-state index contributed by atoms with van der Waals surface area (Å²) in [6, 6.07) is 12.1. The van der Waals surface area contributed by atoms with Crippen LogP contribution in [0.1, 0.15) is 34.2 Å². The third kappa shape index (κ3) is 4.28. The van der Waals surface area contributed by atoms with Crippen molar-refractivity contribution in [3.05, 3.63) is 70.4 Å². The number of halogens is 2. The van der Waals surface area contributed by atoms with Crippen molar-refractivity contribution in [2.45, 2.75) is 26.7 Å². The van der Waals surface area contributed by atoms with Crippen molar-refractivity contribution in [2.75, 3.05) is 5.73 Å². The number of nitrogens with one attached hydrogen (secondary N) is 1. The molecular formula is C21H24Cl2N6. The number of benzene rings is 2. The standard InChI is InChI=1S/C21H22N6.2ClH/c1-12-8-13(2)10-14(9-12)19-11-27(21(24)25-19)26-18-7-6-15-16(18)4-3-5-17(15)20(22)23;;/h3-5,8-11H,6-7H2,1-2H3,(H3,22,23)(H2,24,25);2*1H/b26-18+;;. The number of hydrogen-bond donors (Lipinski definition) is 3. The fraction of sp³-hybridized carbons (Fsp3) is 0.190. The number of anilines is 1. The second-order valence-corrected chi connectivity index (χ2v) is 7.00. The van der Waals surface area contributed by atoms with Crippen molar-refractivity contribution in [1.29, 1.82) is 5.41 Å². The monoisotopic (exact) mass is 430 g/mol. The number of nitrogens with zero attached hydrogens (tertiary/aromatic N) is 3. The molecule has 0 bridgehead atoms. The van der Waals surface area contributed by atoms with E-state index in [1.165, 1.54) is 11.1 Å². The van der Waals surface area contributed by atoms with Crippen LogP contribution in [0, 0.1) is 19.3 Å². The third-order valence-electron chi connectivity index (χ3n) is 4.85. The van der Waals surface area contributed by atoms with Crippen molar-refractivity contribution in [1.82, 2.24) is 9.66 Å². The van der Waals surface area contributed by atoms with Crippen LogP contribution in [-0.2, 0) is 6.42 Å². The Morgan fingerprint density at radius 1 is 1.10 bits per heavy atom. The summed E-state index contributed by atoms with van der Waals surface area (Å²) in [6.07, 6.45) is 3.47. The molecule has 29 heavy (non-hydrogen) atoms. The quantitative estimate of drug-likeness (QED) is 0.430. The van der Waals surface area contributed by atoms with Gasteiger partial charge in [0.05, 0.1) is 17.6 Å². The van der Waals surface area contributed by atoms with Crippen LogP contribution >= 0.6 is 24.8 Å². The Labute approximate surface area is 182 Å². The van der Waals surface area contributed by atoms with E-state index in [4.69, 9.17) is 22.0 Å². The molecule has 0 atom stereocenters. The van der Waals surface area contributed by atoms with Gasteiger partial charge >= 0.3 is 0 Å². The van der Waals surface area contributed by atoms with Crippen LogP contribution in [0.15, 0.2) is 47.7 Å². The highest BCUT2D eigenvalue weighted by Crippen LogP contribution is 2.27. The molecule has 0 saturated carbocycles. The lowest BCUT2D eigenvalue weighted by molar-refractivity contribution is 0.883. The summed E-state index contributed by atoms with van der Waals surface area (Å²) in [5.41, 5.74) is 19.9. The van der Waals surface area contributed by atoms with Gasteiger partial charge < -0.3 is 11.5 Å². The molecule has 4 rings (SSSR count). The van der Waals surface area contributed by atoms with Crippen LogP contribution in [0.25, 0.3) is 11.3 Å². The van der Waals surface area contributed by atoms with E-state index in [0.717, 1.165) is 46.5 Å². The Kier molecular flexibility index (Phi) is 6.72. The topological polar surface area (TPSA) is 106 Å². The van der Waals surface area contributed by atoms with Crippen molar-refractivity contribution < 1.29 is 0 Å². The van der Waals surface area contributed by atoms with Crippen LogP contribution in [0.5, 0.6) is 0 Å².